The summed E-state index contributed by atoms with van der Waals surface area (Å²) in [4.78, 5) is 2.11. The van der Waals surface area contributed by atoms with Gasteiger partial charge in [-0.3, -0.25) is 0 Å². The van der Waals surface area contributed by atoms with Gasteiger partial charge in [-0.25, -0.2) is 0 Å². The third kappa shape index (κ3) is 4.86. The molecule has 0 fully saturated rings. The van der Waals surface area contributed by atoms with Crippen LogP contribution in [-0.2, 0) is 0 Å². The van der Waals surface area contributed by atoms with Crippen molar-refractivity contribution in [2.45, 2.75) is 12.5 Å². The molecule has 0 saturated carbocycles. The van der Waals surface area contributed by atoms with Crippen molar-refractivity contribution in [1.29, 1.82) is 0 Å². The minimum absolute atomic E-state index is 0.194. The molecule has 0 saturated heterocycles. The van der Waals surface area contributed by atoms with Crippen molar-refractivity contribution in [3.05, 3.63) is 33.3 Å². The second kappa shape index (κ2) is 8.12. The predicted molar refractivity (Wildman–Crippen MR) is 80.2 cm³/mol. The van der Waals surface area contributed by atoms with Crippen molar-refractivity contribution < 1.29 is 5.11 Å². The quantitative estimate of drug-likeness (QED) is 0.804. The molecule has 18 heavy (non-hydrogen) atoms. The van der Waals surface area contributed by atoms with Crippen molar-refractivity contribution >= 4 is 27.5 Å². The summed E-state index contributed by atoms with van der Waals surface area (Å²) in [6.07, 6.45) is 0.953. The average Bonchev–Trinajstić information content (AvgIpc) is 2.32. The Bertz CT molecular complexity index is 376. The Morgan fingerprint density at radius 2 is 2.17 bits per heavy atom. The predicted octanol–water partition coefficient (Wildman–Crippen LogP) is 2.68. The maximum absolute atomic E-state index is 8.87. The van der Waals surface area contributed by atoms with Crippen LogP contribution < -0.4 is 5.32 Å². The van der Waals surface area contributed by atoms with Crippen LogP contribution in [0.15, 0.2) is 22.7 Å². The van der Waals surface area contributed by atoms with Crippen LogP contribution in [-0.4, -0.2) is 43.8 Å². The summed E-state index contributed by atoms with van der Waals surface area (Å²) in [6.45, 7) is 1.81. The molecule has 1 atom stereocenters. The molecular weight excluding hydrogens is 316 g/mol. The van der Waals surface area contributed by atoms with Crippen LogP contribution in [0.3, 0.4) is 0 Å². The van der Waals surface area contributed by atoms with Gasteiger partial charge in [0.2, 0.25) is 0 Å². The highest BCUT2D eigenvalue weighted by Crippen LogP contribution is 2.28. The highest BCUT2D eigenvalue weighted by atomic mass is 79.9. The highest BCUT2D eigenvalue weighted by Gasteiger charge is 2.13. The fraction of sp³-hybridized carbons (Fsp3) is 0.538. The molecule has 0 bridgehead atoms. The molecule has 0 aliphatic heterocycles. The lowest BCUT2D eigenvalue weighted by Gasteiger charge is -2.22. The zero-order valence-corrected chi connectivity index (χ0v) is 13.1. The van der Waals surface area contributed by atoms with Gasteiger partial charge in [-0.2, -0.15) is 0 Å². The van der Waals surface area contributed by atoms with E-state index in [2.05, 4.69) is 26.1 Å². The lowest BCUT2D eigenvalue weighted by Crippen LogP contribution is -2.27. The fourth-order valence-electron chi connectivity index (χ4n) is 1.87. The molecule has 0 aromatic heterocycles. The molecule has 0 amide bonds. The maximum Gasteiger partial charge on any atom is 0.0558 e. The maximum atomic E-state index is 8.87. The van der Waals surface area contributed by atoms with Crippen LogP contribution in [0.5, 0.6) is 0 Å². The van der Waals surface area contributed by atoms with E-state index in [9.17, 15) is 0 Å². The third-order valence-electron chi connectivity index (χ3n) is 2.97. The molecule has 0 heterocycles. The Hall–Kier alpha value is -0.130. The van der Waals surface area contributed by atoms with Crippen LogP contribution in [0.2, 0.25) is 5.02 Å². The van der Waals surface area contributed by atoms with Crippen LogP contribution in [0, 0.1) is 0 Å². The molecule has 0 radical (unpaired) electrons. The number of likely N-dealkylation sites (N-methyl/N-ethyl adjacent to an activating group) is 1. The minimum atomic E-state index is 0.194. The molecule has 1 rings (SSSR count). The summed E-state index contributed by atoms with van der Waals surface area (Å²) < 4.78 is 0.989. The Morgan fingerprint density at radius 3 is 2.72 bits per heavy atom. The van der Waals surface area contributed by atoms with E-state index in [0.717, 1.165) is 28.0 Å². The molecule has 3 nitrogen and oxygen atoms in total. The molecule has 1 aromatic rings. The number of aliphatic hydroxyl groups excluding tert-OH is 1. The standard InChI is InChI=1S/C13H20BrClN2O/c1-16-13(5-6-17(2)7-8-18)11-4-3-10(14)9-12(11)15/h3-4,9,13,16,18H,5-8H2,1-2H3. The van der Waals surface area contributed by atoms with E-state index < -0.39 is 0 Å². The van der Waals surface area contributed by atoms with Gasteiger partial charge in [0.05, 0.1) is 6.61 Å². The Balaban J connectivity index is 2.65. The first kappa shape index (κ1) is 15.9. The normalized spacial score (nSPS) is 13.0. The van der Waals surface area contributed by atoms with Crippen molar-refractivity contribution in [2.75, 3.05) is 33.8 Å². The monoisotopic (exact) mass is 334 g/mol. The number of hydrogen-bond acceptors (Lipinski definition) is 3. The topological polar surface area (TPSA) is 35.5 Å². The van der Waals surface area contributed by atoms with Crippen LogP contribution in [0.25, 0.3) is 0 Å². The van der Waals surface area contributed by atoms with Crippen LogP contribution in [0.4, 0.5) is 0 Å². The first-order chi connectivity index (χ1) is 8.58. The van der Waals surface area contributed by atoms with Gasteiger partial charge in [0.25, 0.3) is 0 Å². The van der Waals surface area contributed by atoms with E-state index in [1.807, 2.05) is 32.3 Å². The van der Waals surface area contributed by atoms with E-state index in [-0.39, 0.29) is 12.6 Å². The number of nitrogens with zero attached hydrogens (tertiary/aromatic N) is 1. The second-order valence-corrected chi connectivity index (χ2v) is 5.65. The van der Waals surface area contributed by atoms with Crippen molar-refractivity contribution in [3.8, 4) is 0 Å². The summed E-state index contributed by atoms with van der Waals surface area (Å²) in [5.74, 6) is 0. The van der Waals surface area contributed by atoms with Gasteiger partial charge >= 0.3 is 0 Å². The van der Waals surface area contributed by atoms with Crippen LogP contribution >= 0.6 is 27.5 Å². The number of halogens is 2. The fourth-order valence-corrected chi connectivity index (χ4v) is 2.68. The number of hydrogen-bond donors (Lipinski definition) is 2. The molecule has 5 heteroatoms. The number of nitrogens with one attached hydrogen (secondary N) is 1. The molecule has 0 aliphatic carbocycles. The largest absolute Gasteiger partial charge is 0.395 e. The van der Waals surface area contributed by atoms with Crippen molar-refractivity contribution in [1.82, 2.24) is 10.2 Å². The molecule has 1 aromatic carbocycles. The molecular formula is C13H20BrClN2O. The molecule has 1 unspecified atom stereocenters. The summed E-state index contributed by atoms with van der Waals surface area (Å²) in [6, 6.07) is 6.19. The average molecular weight is 336 g/mol. The Labute approximate surface area is 122 Å². The van der Waals surface area contributed by atoms with Gasteiger partial charge in [-0.15, -0.1) is 0 Å². The van der Waals surface area contributed by atoms with Gasteiger partial charge in [-0.05, 0) is 44.8 Å². The number of benzene rings is 1. The van der Waals surface area contributed by atoms with Gasteiger partial charge in [0.15, 0.2) is 0 Å². The molecule has 102 valence electrons. The lowest BCUT2D eigenvalue weighted by molar-refractivity contribution is 0.216. The van der Waals surface area contributed by atoms with Crippen molar-refractivity contribution in [3.63, 3.8) is 0 Å². The Morgan fingerprint density at radius 1 is 1.44 bits per heavy atom. The van der Waals surface area contributed by atoms with Gasteiger partial charge < -0.3 is 15.3 Å². The SMILES string of the molecule is CNC(CCN(C)CCO)c1ccc(Br)cc1Cl. The summed E-state index contributed by atoms with van der Waals surface area (Å²) in [7, 11) is 3.95. The summed E-state index contributed by atoms with van der Waals surface area (Å²) >= 11 is 9.67. The smallest absolute Gasteiger partial charge is 0.0558 e. The molecule has 0 spiro atoms. The first-order valence-corrected chi connectivity index (χ1v) is 7.17. The van der Waals surface area contributed by atoms with Crippen LogP contribution in [0.1, 0.15) is 18.0 Å². The minimum Gasteiger partial charge on any atom is -0.395 e. The van der Waals surface area contributed by atoms with Gasteiger partial charge in [-0.1, -0.05) is 33.6 Å². The lowest BCUT2D eigenvalue weighted by atomic mass is 10.0. The second-order valence-electron chi connectivity index (χ2n) is 4.32. The zero-order chi connectivity index (χ0) is 13.5. The van der Waals surface area contributed by atoms with E-state index in [4.69, 9.17) is 16.7 Å². The molecule has 0 aliphatic rings. The zero-order valence-electron chi connectivity index (χ0n) is 10.8. The van der Waals surface area contributed by atoms with E-state index in [1.54, 1.807) is 0 Å². The van der Waals surface area contributed by atoms with Crippen molar-refractivity contribution in [2.24, 2.45) is 0 Å². The van der Waals surface area contributed by atoms with Gasteiger partial charge in [0, 0.05) is 22.1 Å². The Kier molecular flexibility index (Phi) is 7.19. The van der Waals surface area contributed by atoms with E-state index >= 15 is 0 Å². The third-order valence-corrected chi connectivity index (χ3v) is 3.79. The number of aliphatic hydroxyl groups is 1. The van der Waals surface area contributed by atoms with E-state index in [0.29, 0.717) is 6.54 Å². The summed E-state index contributed by atoms with van der Waals surface area (Å²) in [5, 5.41) is 12.9. The summed E-state index contributed by atoms with van der Waals surface area (Å²) in [5.41, 5.74) is 1.11. The van der Waals surface area contributed by atoms with Gasteiger partial charge in [0.1, 0.15) is 0 Å². The number of rotatable bonds is 7. The van der Waals surface area contributed by atoms with E-state index in [1.165, 1.54) is 0 Å². The first-order valence-electron chi connectivity index (χ1n) is 6.00. The molecule has 2 N–H and O–H groups in total. The highest BCUT2D eigenvalue weighted by molar-refractivity contribution is 9.10.